The quantitative estimate of drug-likeness (QED) is 0.771. The lowest BCUT2D eigenvalue weighted by atomic mass is 9.89. The van der Waals surface area contributed by atoms with Crippen LogP contribution in [0.15, 0.2) is 36.4 Å². The van der Waals surface area contributed by atoms with Crippen LogP contribution < -0.4 is 14.8 Å². The van der Waals surface area contributed by atoms with E-state index in [2.05, 4.69) is 5.32 Å². The van der Waals surface area contributed by atoms with Crippen molar-refractivity contribution in [1.82, 2.24) is 5.32 Å². The molecule has 0 aromatic heterocycles. The lowest BCUT2D eigenvalue weighted by Crippen LogP contribution is -2.31. The number of imide groups is 1. The maximum absolute atomic E-state index is 12.0. The topological polar surface area (TPSA) is 64.6 Å². The SMILES string of the molecule is O=C1NC(=O)C(C2CCOc3cc(Oc4ccc(Cl)cc4Cl)ccc32)S1. The Bertz CT molecular complexity index is 905. The summed E-state index contributed by atoms with van der Waals surface area (Å²) in [5.74, 6) is 1.37. The average molecular weight is 410 g/mol. The molecular weight excluding hydrogens is 397 g/mol. The summed E-state index contributed by atoms with van der Waals surface area (Å²) < 4.78 is 11.6. The molecule has 5 nitrogen and oxygen atoms in total. The summed E-state index contributed by atoms with van der Waals surface area (Å²) in [7, 11) is 0. The Kier molecular flexibility index (Phi) is 4.73. The van der Waals surface area contributed by atoms with Gasteiger partial charge in [0.25, 0.3) is 5.24 Å². The number of halogens is 2. The van der Waals surface area contributed by atoms with Crippen LogP contribution in [-0.2, 0) is 4.79 Å². The highest BCUT2D eigenvalue weighted by molar-refractivity contribution is 8.15. The molecule has 2 unspecified atom stereocenters. The van der Waals surface area contributed by atoms with Gasteiger partial charge >= 0.3 is 0 Å². The highest BCUT2D eigenvalue weighted by atomic mass is 35.5. The third kappa shape index (κ3) is 3.37. The van der Waals surface area contributed by atoms with Gasteiger partial charge in [-0.2, -0.15) is 0 Å². The summed E-state index contributed by atoms with van der Waals surface area (Å²) in [6.07, 6.45) is 0.675. The smallest absolute Gasteiger partial charge is 0.286 e. The molecule has 0 saturated carbocycles. The van der Waals surface area contributed by atoms with Crippen molar-refractivity contribution in [3.63, 3.8) is 0 Å². The van der Waals surface area contributed by atoms with Crippen LogP contribution in [0.25, 0.3) is 0 Å². The van der Waals surface area contributed by atoms with Crippen molar-refractivity contribution in [2.24, 2.45) is 0 Å². The van der Waals surface area contributed by atoms with Gasteiger partial charge in [0.1, 0.15) is 22.5 Å². The fraction of sp³-hybridized carbons (Fsp3) is 0.222. The first-order chi connectivity index (χ1) is 12.5. The predicted molar refractivity (Wildman–Crippen MR) is 101 cm³/mol. The molecule has 0 radical (unpaired) electrons. The summed E-state index contributed by atoms with van der Waals surface area (Å²) >= 11 is 13.1. The predicted octanol–water partition coefficient (Wildman–Crippen LogP) is 5.00. The van der Waals surface area contributed by atoms with Crippen LogP contribution in [0.5, 0.6) is 17.2 Å². The number of ether oxygens (including phenoxy) is 2. The molecule has 2 atom stereocenters. The van der Waals surface area contributed by atoms with Gasteiger partial charge in [0, 0.05) is 17.0 Å². The van der Waals surface area contributed by atoms with E-state index in [9.17, 15) is 9.59 Å². The van der Waals surface area contributed by atoms with Crippen molar-refractivity contribution in [2.45, 2.75) is 17.6 Å². The zero-order valence-corrected chi connectivity index (χ0v) is 15.7. The van der Waals surface area contributed by atoms with Crippen molar-refractivity contribution in [3.8, 4) is 17.2 Å². The molecule has 2 aliphatic heterocycles. The zero-order chi connectivity index (χ0) is 18.3. The highest BCUT2D eigenvalue weighted by Gasteiger charge is 2.40. The van der Waals surface area contributed by atoms with Crippen LogP contribution in [-0.4, -0.2) is 23.0 Å². The van der Waals surface area contributed by atoms with E-state index in [1.54, 1.807) is 30.3 Å². The minimum Gasteiger partial charge on any atom is -0.493 e. The largest absolute Gasteiger partial charge is 0.493 e. The second-order valence-electron chi connectivity index (χ2n) is 5.94. The summed E-state index contributed by atoms with van der Waals surface area (Å²) in [5, 5.41) is 2.55. The van der Waals surface area contributed by atoms with Crippen molar-refractivity contribution in [2.75, 3.05) is 6.61 Å². The van der Waals surface area contributed by atoms with Crippen LogP contribution in [0.1, 0.15) is 17.9 Å². The summed E-state index contributed by atoms with van der Waals surface area (Å²) in [4.78, 5) is 23.5. The minimum absolute atomic E-state index is 0.0802. The van der Waals surface area contributed by atoms with E-state index in [1.807, 2.05) is 6.07 Å². The molecule has 1 N–H and O–H groups in total. The Balaban J connectivity index is 1.60. The lowest BCUT2D eigenvalue weighted by Gasteiger charge is -2.28. The van der Waals surface area contributed by atoms with Gasteiger partial charge in [0.05, 0.1) is 11.6 Å². The van der Waals surface area contributed by atoms with Gasteiger partial charge in [-0.25, -0.2) is 0 Å². The molecule has 1 saturated heterocycles. The van der Waals surface area contributed by atoms with Gasteiger partial charge in [0.2, 0.25) is 5.91 Å². The van der Waals surface area contributed by atoms with Crippen LogP contribution in [0.2, 0.25) is 10.0 Å². The summed E-state index contributed by atoms with van der Waals surface area (Å²) in [6, 6.07) is 10.4. The number of benzene rings is 2. The van der Waals surface area contributed by atoms with E-state index in [-0.39, 0.29) is 17.1 Å². The summed E-state index contributed by atoms with van der Waals surface area (Å²) in [5.41, 5.74) is 0.896. The first-order valence-electron chi connectivity index (χ1n) is 7.92. The van der Waals surface area contributed by atoms with E-state index in [1.165, 1.54) is 0 Å². The third-order valence-electron chi connectivity index (χ3n) is 4.28. The second kappa shape index (κ2) is 7.02. The molecule has 8 heteroatoms. The molecule has 2 aliphatic rings. The number of nitrogens with one attached hydrogen (secondary N) is 1. The lowest BCUT2D eigenvalue weighted by molar-refractivity contribution is -0.119. The molecule has 134 valence electrons. The van der Waals surface area contributed by atoms with E-state index in [4.69, 9.17) is 32.7 Å². The van der Waals surface area contributed by atoms with Gasteiger partial charge in [0.15, 0.2) is 0 Å². The van der Waals surface area contributed by atoms with E-state index in [0.717, 1.165) is 17.3 Å². The number of amides is 2. The Morgan fingerprint density at radius 2 is 2.00 bits per heavy atom. The molecule has 2 aromatic carbocycles. The molecule has 4 rings (SSSR count). The van der Waals surface area contributed by atoms with Crippen molar-refractivity contribution < 1.29 is 19.1 Å². The Morgan fingerprint density at radius 3 is 2.73 bits per heavy atom. The number of carbonyl (C=O) groups excluding carboxylic acids is 2. The first-order valence-corrected chi connectivity index (χ1v) is 9.56. The molecule has 0 aliphatic carbocycles. The number of fused-ring (bicyclic) bond motifs is 1. The molecule has 2 aromatic rings. The maximum Gasteiger partial charge on any atom is 0.286 e. The van der Waals surface area contributed by atoms with Crippen molar-refractivity contribution in [3.05, 3.63) is 52.0 Å². The monoisotopic (exact) mass is 409 g/mol. The van der Waals surface area contributed by atoms with Gasteiger partial charge < -0.3 is 9.47 Å². The molecule has 2 amide bonds. The van der Waals surface area contributed by atoms with Crippen LogP contribution >= 0.6 is 35.0 Å². The van der Waals surface area contributed by atoms with Crippen molar-refractivity contribution in [1.29, 1.82) is 0 Å². The Labute approximate surface area is 163 Å². The first kappa shape index (κ1) is 17.5. The van der Waals surface area contributed by atoms with Crippen LogP contribution in [0.4, 0.5) is 4.79 Å². The normalized spacial score (nSPS) is 21.8. The fourth-order valence-corrected chi connectivity index (χ4v) is 4.55. The Morgan fingerprint density at radius 1 is 1.15 bits per heavy atom. The second-order valence-corrected chi connectivity index (χ2v) is 7.89. The van der Waals surface area contributed by atoms with Gasteiger partial charge in [-0.05, 0) is 36.2 Å². The standard InChI is InChI=1S/C18H13Cl2NO4S/c19-9-1-4-14(13(20)7-9)25-10-2-3-11-12(5-6-24-15(11)8-10)16-17(22)21-18(23)26-16/h1-4,7-8,12,16H,5-6H2,(H,21,22,23). The molecular formula is C18H13Cl2NO4S. The molecule has 1 fully saturated rings. The Hall–Kier alpha value is -1.89. The number of rotatable bonds is 3. The van der Waals surface area contributed by atoms with E-state index >= 15 is 0 Å². The highest BCUT2D eigenvalue weighted by Crippen LogP contribution is 2.44. The van der Waals surface area contributed by atoms with Crippen LogP contribution in [0, 0.1) is 0 Å². The van der Waals surface area contributed by atoms with E-state index < -0.39 is 5.25 Å². The van der Waals surface area contributed by atoms with Crippen LogP contribution in [0.3, 0.4) is 0 Å². The number of hydrogen-bond donors (Lipinski definition) is 1. The zero-order valence-electron chi connectivity index (χ0n) is 13.3. The molecule has 26 heavy (non-hydrogen) atoms. The van der Waals surface area contributed by atoms with E-state index in [0.29, 0.717) is 40.3 Å². The summed E-state index contributed by atoms with van der Waals surface area (Å²) in [6.45, 7) is 0.474. The van der Waals surface area contributed by atoms with Gasteiger partial charge in [-0.3, -0.25) is 14.9 Å². The van der Waals surface area contributed by atoms with Gasteiger partial charge in [-0.1, -0.05) is 41.0 Å². The van der Waals surface area contributed by atoms with Crippen molar-refractivity contribution >= 4 is 46.1 Å². The fourth-order valence-electron chi connectivity index (χ4n) is 3.10. The minimum atomic E-state index is -0.428. The maximum atomic E-state index is 12.0. The molecule has 0 bridgehead atoms. The average Bonchev–Trinajstić information content (AvgIpc) is 2.95. The van der Waals surface area contributed by atoms with Gasteiger partial charge in [-0.15, -0.1) is 0 Å². The number of carbonyl (C=O) groups is 2. The molecule has 2 heterocycles. The number of thioether (sulfide) groups is 1. The third-order valence-corrected chi connectivity index (χ3v) is 5.92. The molecule has 0 spiro atoms. The number of hydrogen-bond acceptors (Lipinski definition) is 5.